The lowest BCUT2D eigenvalue weighted by atomic mass is 10.0. The quantitative estimate of drug-likeness (QED) is 0.743. The number of nitrogens with one attached hydrogen (secondary N) is 1. The van der Waals surface area contributed by atoms with Gasteiger partial charge in [-0.3, -0.25) is 4.79 Å². The number of alkyl halides is 3. The van der Waals surface area contributed by atoms with Crippen LogP contribution in [-0.2, 0) is 17.4 Å². The highest BCUT2D eigenvalue weighted by Crippen LogP contribution is 2.39. The minimum atomic E-state index is -4.64. The molecule has 3 aromatic rings. The van der Waals surface area contributed by atoms with Crippen LogP contribution in [0.2, 0.25) is 0 Å². The Hall–Kier alpha value is -3.10. The third-order valence-electron chi connectivity index (χ3n) is 4.52. The highest BCUT2D eigenvalue weighted by molar-refractivity contribution is 6.01. The minimum absolute atomic E-state index is 0.136. The second-order valence-corrected chi connectivity index (χ2v) is 6.47. The van der Waals surface area contributed by atoms with Crippen LogP contribution in [0.3, 0.4) is 0 Å². The van der Waals surface area contributed by atoms with Gasteiger partial charge in [-0.05, 0) is 42.7 Å². The van der Waals surface area contributed by atoms with Crippen LogP contribution in [0.5, 0.6) is 5.75 Å². The van der Waals surface area contributed by atoms with Gasteiger partial charge in [-0.25, -0.2) is 9.50 Å². The van der Waals surface area contributed by atoms with Gasteiger partial charge in [-0.1, -0.05) is 6.07 Å². The van der Waals surface area contributed by atoms with Crippen LogP contribution in [0.25, 0.3) is 16.9 Å². The van der Waals surface area contributed by atoms with Gasteiger partial charge >= 0.3 is 6.18 Å². The fourth-order valence-corrected chi connectivity index (χ4v) is 3.43. The van der Waals surface area contributed by atoms with Crippen molar-refractivity contribution in [3.63, 3.8) is 0 Å². The van der Waals surface area contributed by atoms with Crippen molar-refractivity contribution in [3.8, 4) is 17.0 Å². The van der Waals surface area contributed by atoms with Gasteiger partial charge in [-0.15, -0.1) is 5.10 Å². The number of anilines is 1. The van der Waals surface area contributed by atoms with Gasteiger partial charge in [0.1, 0.15) is 5.75 Å². The van der Waals surface area contributed by atoms with E-state index in [9.17, 15) is 18.0 Å². The van der Waals surface area contributed by atoms with Crippen LogP contribution in [-0.4, -0.2) is 27.6 Å². The Bertz CT molecular complexity index is 1100. The Kier molecular flexibility index (Phi) is 3.66. The van der Waals surface area contributed by atoms with Crippen LogP contribution >= 0.6 is 0 Å². The van der Waals surface area contributed by atoms with E-state index in [1.807, 2.05) is 0 Å². The molecule has 0 radical (unpaired) electrons. The van der Waals surface area contributed by atoms with Gasteiger partial charge in [0.2, 0.25) is 5.91 Å². The van der Waals surface area contributed by atoms with E-state index in [1.165, 1.54) is 11.6 Å². The molecule has 0 fully saturated rings. The number of carbonyl (C=O) groups excluding carboxylic acids is 1. The van der Waals surface area contributed by atoms with E-state index in [0.717, 1.165) is 11.1 Å². The zero-order chi connectivity index (χ0) is 19.5. The molecule has 6 nitrogen and oxygen atoms in total. The molecule has 4 rings (SSSR count). The van der Waals surface area contributed by atoms with Crippen molar-refractivity contribution in [1.82, 2.24) is 14.6 Å². The van der Waals surface area contributed by atoms with Gasteiger partial charge in [0.15, 0.2) is 5.65 Å². The number of aryl methyl sites for hydroxylation is 2. The molecule has 2 aromatic heterocycles. The van der Waals surface area contributed by atoms with Gasteiger partial charge in [0.25, 0.3) is 5.82 Å². The summed E-state index contributed by atoms with van der Waals surface area (Å²) in [5.74, 6) is -0.911. The number of hydrogen-bond acceptors (Lipinski definition) is 4. The first-order valence-corrected chi connectivity index (χ1v) is 8.14. The number of methoxy groups -OCH3 is 1. The molecule has 9 heteroatoms. The number of benzene rings is 1. The maximum absolute atomic E-state index is 13.1. The Balaban J connectivity index is 2.01. The van der Waals surface area contributed by atoms with Crippen molar-refractivity contribution in [1.29, 1.82) is 0 Å². The summed E-state index contributed by atoms with van der Waals surface area (Å²) in [5, 5.41) is 6.44. The number of hydrogen-bond donors (Lipinski definition) is 1. The van der Waals surface area contributed by atoms with Gasteiger partial charge in [-0.2, -0.15) is 13.2 Å². The van der Waals surface area contributed by atoms with Gasteiger partial charge in [0, 0.05) is 5.56 Å². The molecule has 0 saturated carbocycles. The molecule has 140 valence electrons. The normalized spacial score (nSPS) is 13.8. The number of ether oxygens (including phenoxy) is 1. The lowest BCUT2D eigenvalue weighted by Crippen LogP contribution is -2.08. The smallest absolute Gasteiger partial charge is 0.453 e. The number of rotatable bonds is 2. The summed E-state index contributed by atoms with van der Waals surface area (Å²) < 4.78 is 46.0. The number of aromatic nitrogens is 3. The maximum Gasteiger partial charge on any atom is 0.453 e. The number of halogens is 3. The van der Waals surface area contributed by atoms with Crippen LogP contribution < -0.4 is 10.1 Å². The third-order valence-corrected chi connectivity index (χ3v) is 4.52. The molecule has 1 N–H and O–H groups in total. The molecule has 1 aliphatic heterocycles. The molecule has 0 unspecified atom stereocenters. The molecule has 0 atom stereocenters. The number of carbonyl (C=O) groups is 1. The molecule has 1 amide bonds. The molecule has 1 aromatic carbocycles. The molecular weight excluding hydrogens is 361 g/mol. The molecule has 0 saturated heterocycles. The average Bonchev–Trinajstić information content (AvgIpc) is 3.17. The summed E-state index contributed by atoms with van der Waals surface area (Å²) >= 11 is 0. The van der Waals surface area contributed by atoms with Crippen LogP contribution in [0.4, 0.5) is 18.9 Å². The topological polar surface area (TPSA) is 68.5 Å². The Morgan fingerprint density at radius 1 is 1.19 bits per heavy atom. The van der Waals surface area contributed by atoms with E-state index >= 15 is 0 Å². The molecule has 27 heavy (non-hydrogen) atoms. The van der Waals surface area contributed by atoms with Crippen LogP contribution in [0.15, 0.2) is 18.2 Å². The van der Waals surface area contributed by atoms with E-state index in [2.05, 4.69) is 15.4 Å². The monoisotopic (exact) mass is 376 g/mol. The lowest BCUT2D eigenvalue weighted by molar-refractivity contribution is -0.144. The molecule has 1 aliphatic rings. The van der Waals surface area contributed by atoms with E-state index in [4.69, 9.17) is 4.74 Å². The first kappa shape index (κ1) is 17.3. The number of fused-ring (bicyclic) bond motifs is 2. The second-order valence-electron chi connectivity index (χ2n) is 6.47. The van der Waals surface area contributed by atoms with Crippen molar-refractivity contribution in [3.05, 3.63) is 40.7 Å². The standard InChI is InChI=1S/C18H15F3N4O2/c1-8-4-9(2)16-23-17(18(19,20)21)24-25(16)15(8)11-5-10-7-13(26)22-14(10)12(6-11)27-3/h4-6H,7H2,1-3H3,(H,22,26). The summed E-state index contributed by atoms with van der Waals surface area (Å²) in [7, 11) is 1.47. The van der Waals surface area contributed by atoms with Gasteiger partial charge < -0.3 is 10.1 Å². The predicted molar refractivity (Wildman–Crippen MR) is 91.8 cm³/mol. The number of nitrogens with zero attached hydrogens (tertiary/aromatic N) is 3. The van der Waals surface area contributed by atoms with Crippen LogP contribution in [0, 0.1) is 13.8 Å². The molecule has 0 bridgehead atoms. The molecule has 0 spiro atoms. The molecule has 3 heterocycles. The van der Waals surface area contributed by atoms with E-state index in [1.54, 1.807) is 32.0 Å². The zero-order valence-corrected chi connectivity index (χ0v) is 14.7. The number of amides is 1. The van der Waals surface area contributed by atoms with Crippen molar-refractivity contribution in [2.45, 2.75) is 26.4 Å². The summed E-state index contributed by atoms with van der Waals surface area (Å²) in [6, 6.07) is 5.21. The van der Waals surface area contributed by atoms with E-state index in [0.29, 0.717) is 28.3 Å². The lowest BCUT2D eigenvalue weighted by Gasteiger charge is -2.14. The summed E-state index contributed by atoms with van der Waals surface area (Å²) in [6.45, 7) is 3.48. The van der Waals surface area contributed by atoms with E-state index in [-0.39, 0.29) is 18.0 Å². The third kappa shape index (κ3) is 2.70. The zero-order valence-electron chi connectivity index (χ0n) is 14.7. The first-order valence-electron chi connectivity index (χ1n) is 8.14. The Morgan fingerprint density at radius 2 is 1.93 bits per heavy atom. The first-order chi connectivity index (χ1) is 12.7. The van der Waals surface area contributed by atoms with Crippen molar-refractivity contribution < 1.29 is 22.7 Å². The predicted octanol–water partition coefficient (Wildman–Crippen LogP) is 3.54. The molecular formula is C18H15F3N4O2. The average molecular weight is 376 g/mol. The minimum Gasteiger partial charge on any atom is -0.495 e. The highest BCUT2D eigenvalue weighted by Gasteiger charge is 2.37. The Morgan fingerprint density at radius 3 is 2.59 bits per heavy atom. The largest absolute Gasteiger partial charge is 0.495 e. The van der Waals surface area contributed by atoms with Gasteiger partial charge in [0.05, 0.1) is 24.9 Å². The van der Waals surface area contributed by atoms with Crippen molar-refractivity contribution in [2.75, 3.05) is 12.4 Å². The number of pyridine rings is 1. The highest BCUT2D eigenvalue weighted by atomic mass is 19.4. The summed E-state index contributed by atoms with van der Waals surface area (Å²) in [4.78, 5) is 15.4. The fraction of sp³-hybridized carbons (Fsp3) is 0.278. The summed E-state index contributed by atoms with van der Waals surface area (Å²) in [5.41, 5.74) is 3.83. The van der Waals surface area contributed by atoms with E-state index < -0.39 is 12.0 Å². The second kappa shape index (κ2) is 5.70. The van der Waals surface area contributed by atoms with Crippen LogP contribution in [0.1, 0.15) is 22.5 Å². The fourth-order valence-electron chi connectivity index (χ4n) is 3.43. The summed E-state index contributed by atoms with van der Waals surface area (Å²) in [6.07, 6.45) is -4.46. The van der Waals surface area contributed by atoms with Crippen molar-refractivity contribution in [2.24, 2.45) is 0 Å². The Labute approximate surface area is 152 Å². The van der Waals surface area contributed by atoms with Crippen molar-refractivity contribution >= 4 is 17.2 Å². The molecule has 0 aliphatic carbocycles. The SMILES string of the molecule is COc1cc(-c2c(C)cc(C)c3nc(C(F)(F)F)nn23)cc2c1NC(=O)C2. The maximum atomic E-state index is 13.1.